The summed E-state index contributed by atoms with van der Waals surface area (Å²) in [7, 11) is -3.58. The van der Waals surface area contributed by atoms with Gasteiger partial charge in [-0.05, 0) is 61.9 Å². The summed E-state index contributed by atoms with van der Waals surface area (Å²) in [6.07, 6.45) is 7.52. The van der Waals surface area contributed by atoms with Gasteiger partial charge in [-0.1, -0.05) is 18.9 Å². The van der Waals surface area contributed by atoms with Crippen LogP contribution in [-0.2, 0) is 34.2 Å². The zero-order valence-electron chi connectivity index (χ0n) is 16.7. The quantitative estimate of drug-likeness (QED) is 0.721. The Bertz CT molecular complexity index is 993. The number of hydrogen-bond acceptors (Lipinski definition) is 4. The lowest BCUT2D eigenvalue weighted by Crippen LogP contribution is -2.38. The Morgan fingerprint density at radius 1 is 1.17 bits per heavy atom. The number of rotatable bonds is 7. The lowest BCUT2D eigenvalue weighted by Gasteiger charge is -2.15. The molecule has 1 aromatic heterocycles. The highest BCUT2D eigenvalue weighted by molar-refractivity contribution is 7.89. The Kier molecular flexibility index (Phi) is 5.74. The summed E-state index contributed by atoms with van der Waals surface area (Å²) >= 11 is 0. The first-order chi connectivity index (χ1) is 13.9. The number of aryl methyl sites for hydroxylation is 1. The normalized spacial score (nSPS) is 19.4. The molecule has 8 heteroatoms. The molecular weight excluding hydrogens is 388 g/mol. The fourth-order valence-electron chi connectivity index (χ4n) is 4.34. The average molecular weight is 417 g/mol. The zero-order chi connectivity index (χ0) is 20.4. The van der Waals surface area contributed by atoms with Crippen molar-refractivity contribution in [2.24, 2.45) is 5.92 Å². The Labute approximate surface area is 171 Å². The second-order valence-corrected chi connectivity index (χ2v) is 9.91. The van der Waals surface area contributed by atoms with E-state index in [0.717, 1.165) is 48.9 Å². The van der Waals surface area contributed by atoms with Crippen LogP contribution in [0.25, 0.3) is 0 Å². The maximum atomic E-state index is 12.7. The molecule has 29 heavy (non-hydrogen) atoms. The van der Waals surface area contributed by atoms with E-state index in [1.165, 1.54) is 0 Å². The summed E-state index contributed by atoms with van der Waals surface area (Å²) in [4.78, 5) is 12.7. The molecule has 0 spiro atoms. The van der Waals surface area contributed by atoms with Gasteiger partial charge in [0.2, 0.25) is 15.9 Å². The van der Waals surface area contributed by atoms with E-state index in [9.17, 15) is 13.2 Å². The lowest BCUT2D eigenvalue weighted by molar-refractivity contribution is -0.125. The molecule has 0 unspecified atom stereocenters. The van der Waals surface area contributed by atoms with Gasteiger partial charge in [0.05, 0.1) is 17.1 Å². The van der Waals surface area contributed by atoms with Crippen molar-refractivity contribution in [3.63, 3.8) is 0 Å². The minimum Gasteiger partial charge on any atom is -0.352 e. The fourth-order valence-corrected chi connectivity index (χ4v) is 5.41. The third-order valence-corrected chi connectivity index (χ3v) is 7.36. The van der Waals surface area contributed by atoms with Gasteiger partial charge < -0.3 is 5.32 Å². The van der Waals surface area contributed by atoms with Gasteiger partial charge in [-0.2, -0.15) is 5.10 Å². The van der Waals surface area contributed by atoms with Gasteiger partial charge >= 0.3 is 0 Å². The van der Waals surface area contributed by atoms with E-state index in [2.05, 4.69) is 15.1 Å². The summed E-state index contributed by atoms with van der Waals surface area (Å²) in [5, 5.41) is 7.42. The number of amides is 1. The van der Waals surface area contributed by atoms with Crippen LogP contribution in [0.15, 0.2) is 35.4 Å². The van der Waals surface area contributed by atoms with Crippen molar-refractivity contribution < 1.29 is 13.2 Å². The molecule has 0 saturated heterocycles. The molecule has 0 radical (unpaired) electrons. The maximum Gasteiger partial charge on any atom is 0.240 e. The summed E-state index contributed by atoms with van der Waals surface area (Å²) in [6.45, 7) is 2.66. The second kappa shape index (κ2) is 8.28. The smallest absolute Gasteiger partial charge is 0.240 e. The molecular formula is C21H28N4O3S. The summed E-state index contributed by atoms with van der Waals surface area (Å²) in [6, 6.07) is 7.23. The molecule has 1 aromatic carbocycles. The molecule has 2 aliphatic rings. The molecule has 0 aliphatic heterocycles. The van der Waals surface area contributed by atoms with E-state index in [4.69, 9.17) is 0 Å². The minimum atomic E-state index is -3.58. The molecule has 1 fully saturated rings. The van der Waals surface area contributed by atoms with E-state index in [1.807, 2.05) is 25.3 Å². The second-order valence-electron chi connectivity index (χ2n) is 8.14. The van der Waals surface area contributed by atoms with Crippen molar-refractivity contribution in [1.29, 1.82) is 0 Å². The van der Waals surface area contributed by atoms with Crippen LogP contribution < -0.4 is 10.0 Å². The van der Waals surface area contributed by atoms with Gasteiger partial charge in [-0.15, -0.1) is 0 Å². The van der Waals surface area contributed by atoms with E-state index in [-0.39, 0.29) is 29.3 Å². The summed E-state index contributed by atoms with van der Waals surface area (Å²) < 4.78 is 29.7. The molecule has 2 aromatic rings. The van der Waals surface area contributed by atoms with Crippen LogP contribution in [0.1, 0.15) is 42.5 Å². The number of carbonyl (C=O) groups is 1. The van der Waals surface area contributed by atoms with E-state index >= 15 is 0 Å². The minimum absolute atomic E-state index is 0.0621. The van der Waals surface area contributed by atoms with Gasteiger partial charge in [-0.3, -0.25) is 9.48 Å². The summed E-state index contributed by atoms with van der Waals surface area (Å²) in [5.41, 5.74) is 3.03. The molecule has 1 atom stereocenters. The monoisotopic (exact) mass is 416 g/mol. The average Bonchev–Trinajstić information content (AvgIpc) is 3.41. The van der Waals surface area contributed by atoms with Crippen LogP contribution in [0.5, 0.6) is 0 Å². The number of hydrogen-bond donors (Lipinski definition) is 2. The van der Waals surface area contributed by atoms with Gasteiger partial charge in [0.1, 0.15) is 0 Å². The molecule has 2 aliphatic carbocycles. The first-order valence-corrected chi connectivity index (χ1v) is 11.8. The summed E-state index contributed by atoms with van der Waals surface area (Å²) in [5.74, 6) is 0.307. The SMILES string of the molecule is Cc1ccn(CCNS(=O)(=O)c2ccc3c(c2)C[C@H](NC(=O)C2CCCC2)C3)n1. The third kappa shape index (κ3) is 4.70. The maximum absolute atomic E-state index is 12.7. The van der Waals surface area contributed by atoms with Crippen molar-refractivity contribution in [3.05, 3.63) is 47.3 Å². The number of aromatic nitrogens is 2. The van der Waals surface area contributed by atoms with Crippen LogP contribution in [-0.4, -0.2) is 36.7 Å². The van der Waals surface area contributed by atoms with Gasteiger partial charge in [0.15, 0.2) is 0 Å². The zero-order valence-corrected chi connectivity index (χ0v) is 17.5. The van der Waals surface area contributed by atoms with Crippen molar-refractivity contribution in [3.8, 4) is 0 Å². The number of sulfonamides is 1. The van der Waals surface area contributed by atoms with Crippen LogP contribution >= 0.6 is 0 Å². The topological polar surface area (TPSA) is 93.1 Å². The highest BCUT2D eigenvalue weighted by atomic mass is 32.2. The fraction of sp³-hybridized carbons (Fsp3) is 0.524. The number of benzene rings is 1. The first kappa shape index (κ1) is 20.1. The van der Waals surface area contributed by atoms with E-state index in [1.54, 1.807) is 16.8 Å². The van der Waals surface area contributed by atoms with Crippen molar-refractivity contribution >= 4 is 15.9 Å². The van der Waals surface area contributed by atoms with Crippen LogP contribution in [0.4, 0.5) is 0 Å². The first-order valence-electron chi connectivity index (χ1n) is 10.3. The Balaban J connectivity index is 1.35. The number of fused-ring (bicyclic) bond motifs is 1. The van der Waals surface area contributed by atoms with Gasteiger partial charge in [0, 0.05) is 24.7 Å². The Hall–Kier alpha value is -2.19. The third-order valence-electron chi connectivity index (χ3n) is 5.90. The van der Waals surface area contributed by atoms with Crippen LogP contribution in [0.2, 0.25) is 0 Å². The van der Waals surface area contributed by atoms with E-state index in [0.29, 0.717) is 13.0 Å². The van der Waals surface area contributed by atoms with Gasteiger partial charge in [0.25, 0.3) is 0 Å². The van der Waals surface area contributed by atoms with Crippen LogP contribution in [0.3, 0.4) is 0 Å². The molecule has 4 rings (SSSR count). The Morgan fingerprint density at radius 2 is 1.93 bits per heavy atom. The molecule has 1 heterocycles. The molecule has 1 saturated carbocycles. The predicted molar refractivity (Wildman–Crippen MR) is 110 cm³/mol. The van der Waals surface area contributed by atoms with Crippen molar-refractivity contribution in [1.82, 2.24) is 19.8 Å². The molecule has 2 N–H and O–H groups in total. The highest BCUT2D eigenvalue weighted by Gasteiger charge is 2.28. The molecule has 156 valence electrons. The van der Waals surface area contributed by atoms with Crippen LogP contribution in [0, 0.1) is 12.8 Å². The largest absolute Gasteiger partial charge is 0.352 e. The number of nitrogens with one attached hydrogen (secondary N) is 2. The lowest BCUT2D eigenvalue weighted by atomic mass is 10.1. The van der Waals surface area contributed by atoms with E-state index < -0.39 is 10.0 Å². The predicted octanol–water partition coefficient (Wildman–Crippen LogP) is 1.94. The molecule has 7 nitrogen and oxygen atoms in total. The molecule has 1 amide bonds. The van der Waals surface area contributed by atoms with Gasteiger partial charge in [-0.25, -0.2) is 13.1 Å². The van der Waals surface area contributed by atoms with Crippen molar-refractivity contribution in [2.45, 2.75) is 62.9 Å². The van der Waals surface area contributed by atoms with Crippen molar-refractivity contribution in [2.75, 3.05) is 6.54 Å². The number of carbonyl (C=O) groups excluding carboxylic acids is 1. The Morgan fingerprint density at radius 3 is 2.66 bits per heavy atom. The molecule has 0 bridgehead atoms. The number of nitrogens with zero attached hydrogens (tertiary/aromatic N) is 2. The standard InChI is InChI=1S/C21H28N4O3S/c1-15-8-10-25(24-15)11-9-22-29(27,28)20-7-6-17-12-19(13-18(17)14-20)23-21(26)16-4-2-3-5-16/h6-8,10,14,16,19,22H,2-5,9,11-13H2,1H3,(H,23,26)/t19-/m1/s1. The highest BCUT2D eigenvalue weighted by Crippen LogP contribution is 2.28.